The molecular weight excluding hydrogens is 342 g/mol. The lowest BCUT2D eigenvalue weighted by Gasteiger charge is -2.07. The molecule has 0 aliphatic heterocycles. The van der Waals surface area contributed by atoms with Crippen molar-refractivity contribution < 1.29 is 4.79 Å². The molecule has 15 heavy (non-hydrogen) atoms. The van der Waals surface area contributed by atoms with Gasteiger partial charge in [-0.15, -0.1) is 11.3 Å². The maximum atomic E-state index is 11.7. The van der Waals surface area contributed by atoms with Crippen LogP contribution in [0, 0.1) is 12.8 Å². The monoisotopic (exact) mass is 353 g/mol. The minimum Gasteiger partial charge on any atom is -0.351 e. The minimum atomic E-state index is 0.0154. The summed E-state index contributed by atoms with van der Waals surface area (Å²) in [6.45, 7) is 4.78. The topological polar surface area (TPSA) is 29.1 Å². The maximum absolute atomic E-state index is 11.7. The van der Waals surface area contributed by atoms with Crippen LogP contribution in [-0.2, 0) is 0 Å². The smallest absolute Gasteiger partial charge is 0.261 e. The Morgan fingerprint density at radius 2 is 2.33 bits per heavy atom. The molecule has 1 N–H and O–H groups in total. The molecule has 1 atom stereocenters. The summed E-state index contributed by atoms with van der Waals surface area (Å²) >= 11 is 8.26. The first kappa shape index (κ1) is 13.2. The summed E-state index contributed by atoms with van der Waals surface area (Å²) < 4.78 is 1.03. The van der Waals surface area contributed by atoms with Gasteiger partial charge in [-0.3, -0.25) is 4.79 Å². The van der Waals surface area contributed by atoms with Gasteiger partial charge in [-0.1, -0.05) is 22.9 Å². The fourth-order valence-electron chi connectivity index (χ4n) is 0.980. The Hall–Kier alpha value is 0.130. The number of carbonyl (C=O) groups excluding carboxylic acids is 1. The van der Waals surface area contributed by atoms with E-state index in [0.717, 1.165) is 19.6 Å². The van der Waals surface area contributed by atoms with Crippen molar-refractivity contribution in [2.24, 2.45) is 5.92 Å². The second-order valence-electron chi connectivity index (χ2n) is 3.54. The van der Waals surface area contributed by atoms with Crippen molar-refractivity contribution in [2.45, 2.75) is 13.8 Å². The minimum absolute atomic E-state index is 0.0154. The molecule has 1 amide bonds. The summed E-state index contributed by atoms with van der Waals surface area (Å²) in [5.41, 5.74) is 1.11. The molecule has 84 valence electrons. The average molecular weight is 355 g/mol. The number of alkyl halides is 1. The van der Waals surface area contributed by atoms with Gasteiger partial charge in [0.2, 0.25) is 0 Å². The van der Waals surface area contributed by atoms with E-state index in [2.05, 4.69) is 44.1 Å². The van der Waals surface area contributed by atoms with Crippen molar-refractivity contribution in [1.82, 2.24) is 5.32 Å². The van der Waals surface area contributed by atoms with Crippen LogP contribution in [0.15, 0.2) is 9.85 Å². The number of hydrogen-bond acceptors (Lipinski definition) is 2. The van der Waals surface area contributed by atoms with Crippen LogP contribution in [-0.4, -0.2) is 17.8 Å². The first-order valence-electron chi connectivity index (χ1n) is 4.64. The van der Waals surface area contributed by atoms with E-state index in [9.17, 15) is 4.79 Å². The van der Waals surface area contributed by atoms with Gasteiger partial charge >= 0.3 is 0 Å². The Morgan fingerprint density at radius 1 is 1.67 bits per heavy atom. The van der Waals surface area contributed by atoms with Crippen molar-refractivity contribution in [1.29, 1.82) is 0 Å². The number of hydrogen-bond donors (Lipinski definition) is 1. The Balaban J connectivity index is 2.54. The van der Waals surface area contributed by atoms with Crippen LogP contribution >= 0.6 is 43.2 Å². The predicted molar refractivity (Wildman–Crippen MR) is 72.0 cm³/mol. The van der Waals surface area contributed by atoms with Gasteiger partial charge in [-0.2, -0.15) is 0 Å². The standard InChI is InChI=1S/C10H13Br2NOS/c1-6(4-11)5-13-10(14)8-3-7(2)9(12)15-8/h3,6H,4-5H2,1-2H3,(H,13,14). The van der Waals surface area contributed by atoms with Gasteiger partial charge in [0.25, 0.3) is 5.91 Å². The summed E-state index contributed by atoms with van der Waals surface area (Å²) in [4.78, 5) is 12.5. The first-order valence-corrected chi connectivity index (χ1v) is 7.37. The lowest BCUT2D eigenvalue weighted by atomic mass is 10.2. The summed E-state index contributed by atoms with van der Waals surface area (Å²) in [5, 5.41) is 3.81. The quantitative estimate of drug-likeness (QED) is 0.822. The molecule has 1 heterocycles. The van der Waals surface area contributed by atoms with Gasteiger partial charge in [0, 0.05) is 11.9 Å². The SMILES string of the molecule is Cc1cc(C(=O)NCC(C)CBr)sc1Br. The highest BCUT2D eigenvalue weighted by molar-refractivity contribution is 9.11. The van der Waals surface area contributed by atoms with Crippen LogP contribution in [0.3, 0.4) is 0 Å². The van der Waals surface area contributed by atoms with Crippen molar-refractivity contribution in [3.8, 4) is 0 Å². The van der Waals surface area contributed by atoms with E-state index in [1.807, 2.05) is 13.0 Å². The van der Waals surface area contributed by atoms with E-state index < -0.39 is 0 Å². The fourth-order valence-corrected chi connectivity index (χ4v) is 2.66. The van der Waals surface area contributed by atoms with E-state index in [0.29, 0.717) is 12.5 Å². The summed E-state index contributed by atoms with van der Waals surface area (Å²) in [6.07, 6.45) is 0. The van der Waals surface area contributed by atoms with Crippen LogP contribution in [0.2, 0.25) is 0 Å². The number of thiophene rings is 1. The van der Waals surface area contributed by atoms with Crippen LogP contribution in [0.4, 0.5) is 0 Å². The number of rotatable bonds is 4. The van der Waals surface area contributed by atoms with Crippen LogP contribution in [0.1, 0.15) is 22.2 Å². The highest BCUT2D eigenvalue weighted by Gasteiger charge is 2.11. The summed E-state index contributed by atoms with van der Waals surface area (Å²) in [6, 6.07) is 1.91. The number of amides is 1. The number of halogens is 2. The molecule has 0 aromatic carbocycles. The molecular formula is C10H13Br2NOS. The highest BCUT2D eigenvalue weighted by atomic mass is 79.9. The largest absolute Gasteiger partial charge is 0.351 e. The highest BCUT2D eigenvalue weighted by Crippen LogP contribution is 2.27. The maximum Gasteiger partial charge on any atom is 0.261 e. The summed E-state index contributed by atoms with van der Waals surface area (Å²) in [7, 11) is 0. The van der Waals surface area contributed by atoms with E-state index in [4.69, 9.17) is 0 Å². The van der Waals surface area contributed by atoms with Gasteiger partial charge in [0.1, 0.15) is 0 Å². The fraction of sp³-hybridized carbons (Fsp3) is 0.500. The lowest BCUT2D eigenvalue weighted by Crippen LogP contribution is -2.28. The van der Waals surface area contributed by atoms with Crippen LogP contribution in [0.5, 0.6) is 0 Å². The number of carbonyl (C=O) groups is 1. The molecule has 0 bridgehead atoms. The molecule has 0 saturated carbocycles. The Morgan fingerprint density at radius 3 is 2.80 bits per heavy atom. The molecule has 5 heteroatoms. The second-order valence-corrected chi connectivity index (χ2v) is 6.55. The van der Waals surface area contributed by atoms with E-state index >= 15 is 0 Å². The van der Waals surface area contributed by atoms with Gasteiger partial charge in [0.15, 0.2) is 0 Å². The van der Waals surface area contributed by atoms with Gasteiger partial charge in [0.05, 0.1) is 8.66 Å². The van der Waals surface area contributed by atoms with Gasteiger partial charge in [-0.05, 0) is 40.4 Å². The molecule has 0 aliphatic rings. The second kappa shape index (κ2) is 6.01. The van der Waals surface area contributed by atoms with Crippen molar-refractivity contribution in [3.63, 3.8) is 0 Å². The van der Waals surface area contributed by atoms with E-state index in [1.165, 1.54) is 11.3 Å². The molecule has 0 spiro atoms. The third-order valence-corrected chi connectivity index (χ3v) is 5.20. The predicted octanol–water partition coefficient (Wildman–Crippen LogP) is 3.58. The van der Waals surface area contributed by atoms with Crippen molar-refractivity contribution in [3.05, 3.63) is 20.3 Å². The molecule has 0 radical (unpaired) electrons. The van der Waals surface area contributed by atoms with Crippen molar-refractivity contribution in [2.75, 3.05) is 11.9 Å². The molecule has 1 aromatic rings. The molecule has 0 saturated heterocycles. The normalized spacial score (nSPS) is 12.5. The number of nitrogens with one attached hydrogen (secondary N) is 1. The van der Waals surface area contributed by atoms with Gasteiger partial charge < -0.3 is 5.32 Å². The third-order valence-electron chi connectivity index (χ3n) is 1.96. The molecule has 2 nitrogen and oxygen atoms in total. The zero-order valence-corrected chi connectivity index (χ0v) is 12.6. The molecule has 0 fully saturated rings. The molecule has 1 rings (SSSR count). The third kappa shape index (κ3) is 3.89. The molecule has 1 aromatic heterocycles. The summed E-state index contributed by atoms with van der Waals surface area (Å²) in [5.74, 6) is 0.472. The zero-order valence-electron chi connectivity index (χ0n) is 8.64. The number of aryl methyl sites for hydroxylation is 1. The van der Waals surface area contributed by atoms with Crippen LogP contribution < -0.4 is 5.32 Å². The average Bonchev–Trinajstić information content (AvgIpc) is 2.55. The molecule has 1 unspecified atom stereocenters. The zero-order chi connectivity index (χ0) is 11.4. The Kier molecular flexibility index (Phi) is 5.29. The van der Waals surface area contributed by atoms with Gasteiger partial charge in [-0.25, -0.2) is 0 Å². The van der Waals surface area contributed by atoms with Crippen LogP contribution in [0.25, 0.3) is 0 Å². The molecule has 0 aliphatic carbocycles. The van der Waals surface area contributed by atoms with Crippen molar-refractivity contribution >= 4 is 49.1 Å². The first-order chi connectivity index (χ1) is 7.04. The Bertz CT molecular complexity index is 332. The lowest BCUT2D eigenvalue weighted by molar-refractivity contribution is 0.0953. The van der Waals surface area contributed by atoms with E-state index in [1.54, 1.807) is 0 Å². The Labute approximate surface area is 111 Å². The van der Waals surface area contributed by atoms with E-state index in [-0.39, 0.29) is 5.91 Å².